The van der Waals surface area contributed by atoms with Gasteiger partial charge in [0, 0.05) is 49.8 Å². The Morgan fingerprint density at radius 3 is 2.46 bits per heavy atom. The molecule has 1 saturated carbocycles. The summed E-state index contributed by atoms with van der Waals surface area (Å²) in [5.41, 5.74) is 3.96. The van der Waals surface area contributed by atoms with Gasteiger partial charge in [0.15, 0.2) is 0 Å². The van der Waals surface area contributed by atoms with Crippen molar-refractivity contribution < 1.29 is 48.7 Å². The number of ether oxygens (including phenoxy) is 4. The van der Waals surface area contributed by atoms with E-state index in [1.54, 1.807) is 47.4 Å². The standard InChI is InChI=1S/C49H60N4O10/c1-3-26-60-49-44(53(22-27-59-28-25-56)47(57)36-18-16-34(32-50)17-19-36)31-42(52-61-4-2)40-29-37(14-8-10-23-54)39(15-9-11-24-55)45(46(40)49)41-30-38(20-21-43(41)63-49)62-48(58)51-33-35-12-6-5-7-13-35/h3,5-7,12-13,16-21,29-30,37,39,44-46,54-56H,1,4,8-11,14-15,22-28,31,33H2,2H3,(H,51,58). The first kappa shape index (κ1) is 46.9. The van der Waals surface area contributed by atoms with E-state index in [-0.39, 0.29) is 82.8 Å². The van der Waals surface area contributed by atoms with Crippen LogP contribution >= 0.6 is 0 Å². The molecule has 1 aliphatic heterocycles. The Balaban J connectivity index is 1.54. The van der Waals surface area contributed by atoms with Crippen LogP contribution in [0.3, 0.4) is 0 Å². The lowest BCUT2D eigenvalue weighted by atomic mass is 9.55. The third-order valence-corrected chi connectivity index (χ3v) is 12.0. The molecule has 1 heterocycles. The molecule has 0 radical (unpaired) electrons. The fourth-order valence-electron chi connectivity index (χ4n) is 9.35. The highest BCUT2D eigenvalue weighted by atomic mass is 16.7. The zero-order chi connectivity index (χ0) is 44.6. The lowest BCUT2D eigenvalue weighted by Crippen LogP contribution is -2.70. The number of hydrogen-bond acceptors (Lipinski definition) is 12. The summed E-state index contributed by atoms with van der Waals surface area (Å²) in [6, 6.07) is 22.6. The van der Waals surface area contributed by atoms with Crippen LogP contribution in [0.15, 0.2) is 102 Å². The van der Waals surface area contributed by atoms with Crippen LogP contribution < -0.4 is 14.8 Å². The summed E-state index contributed by atoms with van der Waals surface area (Å²) in [6.45, 7) is 6.66. The number of aliphatic hydroxyl groups is 3. The number of nitrogens with one attached hydrogen (secondary N) is 1. The van der Waals surface area contributed by atoms with E-state index < -0.39 is 23.8 Å². The number of unbranched alkanes of at least 4 members (excludes halogenated alkanes) is 2. The lowest BCUT2D eigenvalue weighted by molar-refractivity contribution is -0.254. The Morgan fingerprint density at radius 2 is 1.76 bits per heavy atom. The summed E-state index contributed by atoms with van der Waals surface area (Å²) in [6.07, 6.45) is 7.67. The molecule has 6 atom stereocenters. The fraction of sp³-hybridized carbons (Fsp3) is 0.469. The number of allylic oxidation sites excluding steroid dienone is 1. The minimum absolute atomic E-state index is 0.0000604. The van der Waals surface area contributed by atoms with Gasteiger partial charge in [0.2, 0.25) is 5.79 Å². The number of carbonyl (C=O) groups excluding carboxylic acids is 2. The molecular formula is C49H60N4O10. The lowest BCUT2D eigenvalue weighted by Gasteiger charge is -2.60. The molecule has 6 rings (SSSR count). The number of carbonyl (C=O) groups is 2. The average Bonchev–Trinajstić information content (AvgIpc) is 3.31. The number of aliphatic hydroxyl groups excluding tert-OH is 3. The van der Waals surface area contributed by atoms with Crippen molar-refractivity contribution in [3.05, 3.63) is 119 Å². The molecule has 14 nitrogen and oxygen atoms in total. The van der Waals surface area contributed by atoms with Crippen LogP contribution in [0.2, 0.25) is 0 Å². The number of fused-ring (bicyclic) bond motifs is 2. The van der Waals surface area contributed by atoms with Crippen LogP contribution in [-0.2, 0) is 20.9 Å². The molecule has 1 fully saturated rings. The van der Waals surface area contributed by atoms with Crippen LogP contribution in [-0.4, -0.2) is 103 Å². The third kappa shape index (κ3) is 11.2. The summed E-state index contributed by atoms with van der Waals surface area (Å²) in [5.74, 6) is -2.06. The zero-order valence-electron chi connectivity index (χ0n) is 36.0. The highest BCUT2D eigenvalue weighted by Crippen LogP contribution is 2.62. The van der Waals surface area contributed by atoms with Crippen LogP contribution in [0.4, 0.5) is 4.79 Å². The zero-order valence-corrected chi connectivity index (χ0v) is 36.0. The number of rotatable bonds is 23. The topological polar surface area (TPSA) is 192 Å². The summed E-state index contributed by atoms with van der Waals surface area (Å²) >= 11 is 0. The number of hydrogen-bond donors (Lipinski definition) is 4. The molecule has 0 saturated heterocycles. The molecule has 0 aromatic heterocycles. The van der Waals surface area contributed by atoms with E-state index in [0.29, 0.717) is 47.8 Å². The van der Waals surface area contributed by atoms with Crippen molar-refractivity contribution >= 4 is 17.7 Å². The summed E-state index contributed by atoms with van der Waals surface area (Å²) in [7, 11) is 0. The maximum Gasteiger partial charge on any atom is 0.412 e. The first-order valence-corrected chi connectivity index (χ1v) is 22.0. The van der Waals surface area contributed by atoms with Gasteiger partial charge in [0.25, 0.3) is 5.91 Å². The van der Waals surface area contributed by atoms with Crippen molar-refractivity contribution in [1.82, 2.24) is 10.2 Å². The Kier molecular flexibility index (Phi) is 17.3. The summed E-state index contributed by atoms with van der Waals surface area (Å²) in [4.78, 5) is 35.7. The van der Waals surface area contributed by atoms with E-state index in [4.69, 9.17) is 28.9 Å². The Labute approximate surface area is 369 Å². The van der Waals surface area contributed by atoms with Gasteiger partial charge in [-0.25, -0.2) is 4.79 Å². The minimum atomic E-state index is -1.54. The van der Waals surface area contributed by atoms with Crippen LogP contribution in [0.5, 0.6) is 11.5 Å². The second-order valence-electron chi connectivity index (χ2n) is 15.9. The van der Waals surface area contributed by atoms with Crippen molar-refractivity contribution in [3.63, 3.8) is 0 Å². The van der Waals surface area contributed by atoms with Gasteiger partial charge in [-0.05, 0) is 98.0 Å². The van der Waals surface area contributed by atoms with Crippen molar-refractivity contribution in [3.8, 4) is 17.6 Å². The fourth-order valence-corrected chi connectivity index (χ4v) is 9.35. The molecule has 3 aromatic carbocycles. The first-order chi connectivity index (χ1) is 30.8. The molecule has 0 bridgehead atoms. The number of nitrogens with zero attached hydrogens (tertiary/aromatic N) is 3. The molecule has 14 heteroatoms. The number of oxime groups is 1. The Morgan fingerprint density at radius 1 is 1.00 bits per heavy atom. The highest BCUT2D eigenvalue weighted by Gasteiger charge is 2.65. The van der Waals surface area contributed by atoms with E-state index in [0.717, 1.165) is 42.4 Å². The SMILES string of the molecule is C=CCOC12Oc3ccc(OC(=O)NCc4ccccc4)cc3C3C(CCCCO)C(CCCCO)C=C(C(=NOCC)CC1N(CCOCCO)C(=O)c1ccc(C#N)cc1)C32. The number of nitriles is 1. The maximum absolute atomic E-state index is 15.0. The van der Waals surface area contributed by atoms with E-state index >= 15 is 0 Å². The van der Waals surface area contributed by atoms with Gasteiger partial charge in [-0.1, -0.05) is 60.5 Å². The molecule has 4 N–H and O–H groups in total. The van der Waals surface area contributed by atoms with Gasteiger partial charge in [-0.3, -0.25) is 4.79 Å². The van der Waals surface area contributed by atoms with Gasteiger partial charge < -0.3 is 49.3 Å². The van der Waals surface area contributed by atoms with Crippen LogP contribution in [0.25, 0.3) is 0 Å². The third-order valence-electron chi connectivity index (χ3n) is 12.0. The predicted molar refractivity (Wildman–Crippen MR) is 236 cm³/mol. The molecule has 0 spiro atoms. The molecule has 2 aliphatic carbocycles. The number of amides is 2. The second-order valence-corrected chi connectivity index (χ2v) is 15.9. The van der Waals surface area contributed by atoms with E-state index in [2.05, 4.69) is 24.0 Å². The van der Waals surface area contributed by atoms with Gasteiger partial charge in [0.1, 0.15) is 24.1 Å². The van der Waals surface area contributed by atoms with Crippen molar-refractivity contribution in [2.45, 2.75) is 76.2 Å². The van der Waals surface area contributed by atoms with Gasteiger partial charge in [-0.2, -0.15) is 5.26 Å². The van der Waals surface area contributed by atoms with E-state index in [1.165, 1.54) is 0 Å². The van der Waals surface area contributed by atoms with Crippen molar-refractivity contribution in [2.24, 2.45) is 22.9 Å². The summed E-state index contributed by atoms with van der Waals surface area (Å²) in [5, 5.41) is 46.5. The van der Waals surface area contributed by atoms with E-state index in [9.17, 15) is 30.2 Å². The largest absolute Gasteiger partial charge is 0.459 e. The Hall–Kier alpha value is -5.56. The highest BCUT2D eigenvalue weighted by molar-refractivity contribution is 6.03. The maximum atomic E-state index is 15.0. The predicted octanol–water partition coefficient (Wildman–Crippen LogP) is 6.65. The molecule has 336 valence electrons. The van der Waals surface area contributed by atoms with Crippen LogP contribution in [0, 0.1) is 29.1 Å². The first-order valence-electron chi connectivity index (χ1n) is 22.0. The van der Waals surface area contributed by atoms with Crippen LogP contribution in [0.1, 0.15) is 84.8 Å². The summed E-state index contributed by atoms with van der Waals surface area (Å²) < 4.78 is 26.0. The van der Waals surface area contributed by atoms with Gasteiger partial charge in [0.05, 0.1) is 49.7 Å². The minimum Gasteiger partial charge on any atom is -0.459 e. The molecular weight excluding hydrogens is 805 g/mol. The molecule has 3 aliphatic rings. The van der Waals surface area contributed by atoms with Crippen molar-refractivity contribution in [2.75, 3.05) is 52.8 Å². The quantitative estimate of drug-likeness (QED) is 0.0453. The van der Waals surface area contributed by atoms with Gasteiger partial charge >= 0.3 is 6.09 Å². The Bertz CT molecular complexity index is 2090. The normalized spacial score (nSPS) is 22.7. The van der Waals surface area contributed by atoms with Crippen molar-refractivity contribution in [1.29, 1.82) is 5.26 Å². The molecule has 63 heavy (non-hydrogen) atoms. The molecule has 2 amide bonds. The second kappa shape index (κ2) is 23.2. The smallest absolute Gasteiger partial charge is 0.412 e. The molecule has 3 aromatic rings. The van der Waals surface area contributed by atoms with E-state index in [1.807, 2.05) is 43.3 Å². The number of benzene rings is 3. The van der Waals surface area contributed by atoms with Gasteiger partial charge in [-0.15, -0.1) is 6.58 Å². The molecule has 6 unspecified atom stereocenters. The average molecular weight is 865 g/mol. The monoisotopic (exact) mass is 864 g/mol.